The van der Waals surface area contributed by atoms with E-state index in [4.69, 9.17) is 10.5 Å². The van der Waals surface area contributed by atoms with E-state index in [0.29, 0.717) is 0 Å². The Balaban J connectivity index is 2.85. The summed E-state index contributed by atoms with van der Waals surface area (Å²) in [6.45, 7) is -2.94. The van der Waals surface area contributed by atoms with E-state index in [1.54, 1.807) is 0 Å². The molecule has 0 aromatic heterocycles. The number of ether oxygens (including phenoxy) is 1. The van der Waals surface area contributed by atoms with Gasteiger partial charge in [0.1, 0.15) is 5.75 Å². The number of hydrogen-bond donors (Lipinski definition) is 0. The van der Waals surface area contributed by atoms with E-state index >= 15 is 0 Å². The number of alkyl halides is 2. The molecular formula is C11H6F2N2O2. The van der Waals surface area contributed by atoms with Gasteiger partial charge in [0.15, 0.2) is 11.7 Å². The average molecular weight is 236 g/mol. The zero-order valence-corrected chi connectivity index (χ0v) is 8.43. The van der Waals surface area contributed by atoms with Crippen molar-refractivity contribution in [2.45, 2.75) is 6.61 Å². The van der Waals surface area contributed by atoms with E-state index in [-0.39, 0.29) is 11.3 Å². The van der Waals surface area contributed by atoms with Gasteiger partial charge >= 0.3 is 6.61 Å². The molecule has 0 saturated heterocycles. The Labute approximate surface area is 95.6 Å². The predicted octanol–water partition coefficient (Wildman–Crippen LogP) is 2.13. The molecule has 4 nitrogen and oxygen atoms in total. The molecule has 0 aliphatic heterocycles. The topological polar surface area (TPSA) is 73.9 Å². The summed E-state index contributed by atoms with van der Waals surface area (Å²) in [5.41, 5.74) is 0.0970. The maximum Gasteiger partial charge on any atom is 0.387 e. The number of carbonyl (C=O) groups is 1. The van der Waals surface area contributed by atoms with Crippen molar-refractivity contribution in [3.8, 4) is 17.9 Å². The van der Waals surface area contributed by atoms with Crippen LogP contribution in [0.15, 0.2) is 24.3 Å². The van der Waals surface area contributed by atoms with Gasteiger partial charge in [-0.1, -0.05) is 0 Å². The van der Waals surface area contributed by atoms with Gasteiger partial charge in [0.2, 0.25) is 0 Å². The van der Waals surface area contributed by atoms with Gasteiger partial charge in [-0.3, -0.25) is 4.79 Å². The van der Waals surface area contributed by atoms with Crippen LogP contribution in [0.25, 0.3) is 0 Å². The van der Waals surface area contributed by atoms with Gasteiger partial charge in [0.25, 0.3) is 0 Å². The van der Waals surface area contributed by atoms with Crippen LogP contribution in [0.4, 0.5) is 8.78 Å². The van der Waals surface area contributed by atoms with Gasteiger partial charge in [0.05, 0.1) is 12.1 Å². The van der Waals surface area contributed by atoms with Crippen LogP contribution in [-0.2, 0) is 0 Å². The SMILES string of the molecule is N#CC(C#N)C(=O)c1ccc(OC(F)F)cc1. The summed E-state index contributed by atoms with van der Waals surface area (Å²) in [4.78, 5) is 11.5. The third kappa shape index (κ3) is 3.25. The molecule has 86 valence electrons. The standard InChI is InChI=1S/C11H6F2N2O2/c12-11(13)17-9-3-1-7(2-4-9)10(16)8(5-14)6-15/h1-4,8,11H. The summed E-state index contributed by atoms with van der Waals surface area (Å²) < 4.78 is 27.8. The first-order valence-electron chi connectivity index (χ1n) is 4.46. The molecule has 6 heteroatoms. The highest BCUT2D eigenvalue weighted by molar-refractivity contribution is 6.01. The zero-order valence-electron chi connectivity index (χ0n) is 8.43. The van der Waals surface area contributed by atoms with Crippen LogP contribution in [0.1, 0.15) is 10.4 Å². The van der Waals surface area contributed by atoms with E-state index in [9.17, 15) is 13.6 Å². The van der Waals surface area contributed by atoms with Crippen LogP contribution in [0.2, 0.25) is 0 Å². The summed E-state index contributed by atoms with van der Waals surface area (Å²) in [7, 11) is 0. The minimum absolute atomic E-state index is 0.0954. The smallest absolute Gasteiger partial charge is 0.387 e. The van der Waals surface area contributed by atoms with Gasteiger partial charge in [-0.05, 0) is 24.3 Å². The summed E-state index contributed by atoms with van der Waals surface area (Å²) in [6.07, 6.45) is 0. The van der Waals surface area contributed by atoms with Crippen LogP contribution < -0.4 is 4.74 Å². The maximum absolute atomic E-state index is 11.8. The number of nitrogens with zero attached hydrogens (tertiary/aromatic N) is 2. The number of nitriles is 2. The second kappa shape index (κ2) is 5.57. The van der Waals surface area contributed by atoms with Gasteiger partial charge < -0.3 is 4.74 Å². The Morgan fingerprint density at radius 2 is 1.71 bits per heavy atom. The summed E-state index contributed by atoms with van der Waals surface area (Å²) in [5, 5.41) is 17.0. The first kappa shape index (κ1) is 12.6. The molecule has 0 bridgehead atoms. The number of halogens is 2. The van der Waals surface area contributed by atoms with Gasteiger partial charge in [0, 0.05) is 5.56 Å². The fraction of sp³-hybridized carbons (Fsp3) is 0.182. The second-order valence-electron chi connectivity index (χ2n) is 2.96. The minimum atomic E-state index is -2.94. The number of ketones is 1. The molecule has 0 atom stereocenters. The highest BCUT2D eigenvalue weighted by atomic mass is 19.3. The van der Waals surface area contributed by atoms with Crippen molar-refractivity contribution in [1.29, 1.82) is 10.5 Å². The highest BCUT2D eigenvalue weighted by Crippen LogP contribution is 2.16. The lowest BCUT2D eigenvalue weighted by molar-refractivity contribution is -0.0498. The van der Waals surface area contributed by atoms with Gasteiger partial charge in [-0.25, -0.2) is 0 Å². The molecule has 0 N–H and O–H groups in total. The first-order valence-corrected chi connectivity index (χ1v) is 4.46. The van der Waals surface area contributed by atoms with Crippen LogP contribution in [-0.4, -0.2) is 12.4 Å². The minimum Gasteiger partial charge on any atom is -0.435 e. The molecule has 1 aromatic rings. The quantitative estimate of drug-likeness (QED) is 0.750. The third-order valence-corrected chi connectivity index (χ3v) is 1.88. The van der Waals surface area contributed by atoms with Crippen molar-refractivity contribution in [3.63, 3.8) is 0 Å². The predicted molar refractivity (Wildman–Crippen MR) is 52.1 cm³/mol. The zero-order chi connectivity index (χ0) is 12.8. The van der Waals surface area contributed by atoms with Crippen molar-refractivity contribution in [2.75, 3.05) is 0 Å². The maximum atomic E-state index is 11.8. The van der Waals surface area contributed by atoms with Crippen molar-refractivity contribution in [2.24, 2.45) is 5.92 Å². The summed E-state index contributed by atoms with van der Waals surface area (Å²) >= 11 is 0. The lowest BCUT2D eigenvalue weighted by Gasteiger charge is -2.05. The number of rotatable bonds is 4. The summed E-state index contributed by atoms with van der Waals surface area (Å²) in [6, 6.07) is 7.86. The number of Topliss-reactive ketones (excluding diaryl/α,β-unsaturated/α-hetero) is 1. The largest absolute Gasteiger partial charge is 0.435 e. The van der Waals surface area contributed by atoms with Crippen LogP contribution in [0.3, 0.4) is 0 Å². The number of carbonyl (C=O) groups excluding carboxylic acids is 1. The van der Waals surface area contributed by atoms with E-state index in [2.05, 4.69) is 4.74 Å². The Hall–Kier alpha value is -2.47. The van der Waals surface area contributed by atoms with Crippen molar-refractivity contribution in [3.05, 3.63) is 29.8 Å². The van der Waals surface area contributed by atoms with Crippen LogP contribution in [0.5, 0.6) is 5.75 Å². The van der Waals surface area contributed by atoms with E-state index in [1.807, 2.05) is 0 Å². The lowest BCUT2D eigenvalue weighted by Crippen LogP contribution is -2.10. The van der Waals surface area contributed by atoms with E-state index < -0.39 is 18.3 Å². The molecule has 0 aliphatic rings. The summed E-state index contributed by atoms with van der Waals surface area (Å²) in [5.74, 6) is -2.16. The Bertz CT molecular complexity index is 472. The van der Waals surface area contributed by atoms with Gasteiger partial charge in [-0.2, -0.15) is 19.3 Å². The molecule has 0 heterocycles. The Morgan fingerprint density at radius 1 is 1.18 bits per heavy atom. The number of benzene rings is 1. The fourth-order valence-electron chi connectivity index (χ4n) is 1.11. The van der Waals surface area contributed by atoms with E-state index in [0.717, 1.165) is 0 Å². The Kier molecular flexibility index (Phi) is 4.13. The average Bonchev–Trinajstić information content (AvgIpc) is 2.30. The lowest BCUT2D eigenvalue weighted by atomic mass is 10.0. The van der Waals surface area contributed by atoms with Gasteiger partial charge in [-0.15, -0.1) is 0 Å². The van der Waals surface area contributed by atoms with Crippen molar-refractivity contribution >= 4 is 5.78 Å². The monoisotopic (exact) mass is 236 g/mol. The number of hydrogen-bond acceptors (Lipinski definition) is 4. The Morgan fingerprint density at radius 3 is 2.12 bits per heavy atom. The highest BCUT2D eigenvalue weighted by Gasteiger charge is 2.18. The fourth-order valence-corrected chi connectivity index (χ4v) is 1.11. The normalized spacial score (nSPS) is 9.76. The van der Waals surface area contributed by atoms with Crippen LogP contribution >= 0.6 is 0 Å². The molecule has 0 spiro atoms. The molecule has 17 heavy (non-hydrogen) atoms. The molecule has 1 rings (SSSR count). The molecule has 0 unspecified atom stereocenters. The molecule has 1 aromatic carbocycles. The molecule has 0 saturated carbocycles. The van der Waals surface area contributed by atoms with E-state index in [1.165, 1.54) is 36.4 Å². The molecule has 0 fully saturated rings. The van der Waals surface area contributed by atoms with Crippen molar-refractivity contribution in [1.82, 2.24) is 0 Å². The molecule has 0 radical (unpaired) electrons. The molecule has 0 aliphatic carbocycles. The second-order valence-corrected chi connectivity index (χ2v) is 2.96. The molecule has 0 amide bonds. The van der Waals surface area contributed by atoms with Crippen LogP contribution in [0, 0.1) is 28.6 Å². The van der Waals surface area contributed by atoms with Crippen molar-refractivity contribution < 1.29 is 18.3 Å². The third-order valence-electron chi connectivity index (χ3n) is 1.88. The molecular weight excluding hydrogens is 230 g/mol. The first-order chi connectivity index (χ1) is 8.08.